The number of hydrogen-bond acceptors (Lipinski definition) is 4. The summed E-state index contributed by atoms with van der Waals surface area (Å²) in [6.07, 6.45) is 2.45. The van der Waals surface area contributed by atoms with Gasteiger partial charge in [0.2, 0.25) is 0 Å². The second kappa shape index (κ2) is 4.37. The summed E-state index contributed by atoms with van der Waals surface area (Å²) in [6.45, 7) is 0.520. The lowest BCUT2D eigenvalue weighted by Gasteiger charge is -2.23. The van der Waals surface area contributed by atoms with Gasteiger partial charge < -0.3 is 10.5 Å². The maximum atomic E-state index is 10.5. The van der Waals surface area contributed by atoms with Crippen LogP contribution in [0, 0.1) is 5.21 Å². The zero-order chi connectivity index (χ0) is 8.04. The van der Waals surface area contributed by atoms with E-state index in [-0.39, 0.29) is 0 Å². The van der Waals surface area contributed by atoms with Crippen LogP contribution in [0.2, 0.25) is 0 Å². The first-order valence-electron chi connectivity index (χ1n) is 2.83. The molecule has 0 aliphatic carbocycles. The van der Waals surface area contributed by atoms with Crippen molar-refractivity contribution >= 4 is 0 Å². The minimum absolute atomic E-state index is 0.520. The lowest BCUT2D eigenvalue weighted by Crippen LogP contribution is -2.30. The Balaban J connectivity index is 3.63. The molecule has 0 aliphatic rings. The summed E-state index contributed by atoms with van der Waals surface area (Å²) in [7, 11) is 2.85. The van der Waals surface area contributed by atoms with Crippen molar-refractivity contribution in [3.05, 3.63) is 17.5 Å². The second-order valence-electron chi connectivity index (χ2n) is 1.69. The van der Waals surface area contributed by atoms with Crippen molar-refractivity contribution in [2.75, 3.05) is 20.7 Å². The minimum atomic E-state index is -1.79. The Kier molecular flexibility index (Phi) is 4.17. The Labute approximate surface area is 59.6 Å². The van der Waals surface area contributed by atoms with Gasteiger partial charge in [-0.1, -0.05) is 0 Å². The Morgan fingerprint density at radius 2 is 2.40 bits per heavy atom. The van der Waals surface area contributed by atoms with Gasteiger partial charge in [0.1, 0.15) is 7.11 Å². The molecule has 0 rings (SSSR count). The van der Waals surface area contributed by atoms with Crippen LogP contribution in [-0.2, 0) is 4.84 Å². The van der Waals surface area contributed by atoms with Crippen LogP contribution in [0.25, 0.3) is 0 Å². The molecule has 0 spiro atoms. The fourth-order valence-electron chi connectivity index (χ4n) is 0.365. The highest BCUT2D eigenvalue weighted by Crippen LogP contribution is 1.97. The highest BCUT2D eigenvalue weighted by Gasteiger charge is 2.05. The van der Waals surface area contributed by atoms with Crippen molar-refractivity contribution in [3.63, 3.8) is 0 Å². The molecule has 0 bridgehead atoms. The number of nitrogens with one attached hydrogen (secondary N) is 1. The molecule has 0 saturated heterocycles. The molecular formula is C5H12N2O3. The molecule has 0 amide bonds. The van der Waals surface area contributed by atoms with Gasteiger partial charge in [0, 0.05) is 6.54 Å². The van der Waals surface area contributed by atoms with Crippen LogP contribution in [0.15, 0.2) is 12.3 Å². The third-order valence-corrected chi connectivity index (χ3v) is 0.877. The molecule has 0 heterocycles. The summed E-state index contributed by atoms with van der Waals surface area (Å²) in [6, 6.07) is 0. The lowest BCUT2D eigenvalue weighted by atomic mass is 10.6. The zero-order valence-electron chi connectivity index (χ0n) is 6.07. The first-order valence-corrected chi connectivity index (χ1v) is 2.83. The third kappa shape index (κ3) is 4.42. The molecule has 0 aromatic rings. The van der Waals surface area contributed by atoms with Gasteiger partial charge in [-0.25, -0.2) is 0 Å². The number of rotatable bonds is 4. The Morgan fingerprint density at radius 3 is 2.80 bits per heavy atom. The standard InChI is InChI=1S/C5H12N2O3/c1-6-4-3-5-7(8,9)10-2/h3,5-6,8H,4H2,1-2H3/b5-3-. The van der Waals surface area contributed by atoms with E-state index in [9.17, 15) is 5.21 Å². The number of likely N-dealkylation sites (N-methyl/N-ethyl adjacent to an activating group) is 1. The van der Waals surface area contributed by atoms with Crippen molar-refractivity contribution in [3.8, 4) is 0 Å². The van der Waals surface area contributed by atoms with E-state index >= 15 is 0 Å². The molecule has 0 fully saturated rings. The largest absolute Gasteiger partial charge is 0.559 e. The summed E-state index contributed by atoms with van der Waals surface area (Å²) in [4.78, 5) is 2.32. The summed E-state index contributed by atoms with van der Waals surface area (Å²) in [5.74, 6) is 0. The summed E-state index contributed by atoms with van der Waals surface area (Å²) < 4.78 is 0. The topological polar surface area (TPSA) is 64.5 Å². The van der Waals surface area contributed by atoms with E-state index in [1.165, 1.54) is 6.08 Å². The zero-order valence-corrected chi connectivity index (χ0v) is 6.07. The molecule has 0 aromatic heterocycles. The van der Waals surface area contributed by atoms with E-state index < -0.39 is 4.97 Å². The maximum absolute atomic E-state index is 10.5. The fraction of sp³-hybridized carbons (Fsp3) is 0.600. The maximum Gasteiger partial charge on any atom is 0.161 e. The first-order chi connectivity index (χ1) is 4.62. The van der Waals surface area contributed by atoms with E-state index in [4.69, 9.17) is 5.21 Å². The summed E-state index contributed by atoms with van der Waals surface area (Å²) in [5, 5.41) is 21.9. The Morgan fingerprint density at radius 1 is 1.80 bits per heavy atom. The van der Waals surface area contributed by atoms with Crippen molar-refractivity contribution in [2.24, 2.45) is 0 Å². The van der Waals surface area contributed by atoms with Gasteiger partial charge in [0.15, 0.2) is 6.20 Å². The molecule has 60 valence electrons. The average Bonchev–Trinajstić information content (AvgIpc) is 1.89. The van der Waals surface area contributed by atoms with Crippen molar-refractivity contribution < 1.29 is 15.0 Å². The average molecular weight is 148 g/mol. The molecule has 0 radical (unpaired) electrons. The van der Waals surface area contributed by atoms with E-state index in [0.29, 0.717) is 6.54 Å². The van der Waals surface area contributed by atoms with Gasteiger partial charge >= 0.3 is 0 Å². The Bertz CT molecular complexity index is 113. The molecule has 5 heteroatoms. The van der Waals surface area contributed by atoms with Crippen LogP contribution in [0.3, 0.4) is 0 Å². The summed E-state index contributed by atoms with van der Waals surface area (Å²) in [5.41, 5.74) is 0. The normalized spacial score (nSPS) is 17.6. The van der Waals surface area contributed by atoms with Crippen LogP contribution < -0.4 is 5.32 Å². The summed E-state index contributed by atoms with van der Waals surface area (Å²) >= 11 is 0. The smallest absolute Gasteiger partial charge is 0.161 e. The highest BCUT2D eigenvalue weighted by atomic mass is 17.1. The number of quaternary nitrogens is 1. The molecule has 0 aliphatic heterocycles. The van der Waals surface area contributed by atoms with Crippen LogP contribution in [0.1, 0.15) is 0 Å². The van der Waals surface area contributed by atoms with E-state index in [1.54, 1.807) is 7.05 Å². The molecule has 1 atom stereocenters. The van der Waals surface area contributed by atoms with E-state index in [1.807, 2.05) is 0 Å². The second-order valence-corrected chi connectivity index (χ2v) is 1.69. The Hall–Kier alpha value is -0.460. The van der Waals surface area contributed by atoms with Crippen LogP contribution in [0.5, 0.6) is 0 Å². The number of hydroxylamine groups is 3. The molecule has 1 unspecified atom stereocenters. The number of nitrogens with zero attached hydrogens (tertiary/aromatic N) is 1. The first kappa shape index (κ1) is 9.54. The molecule has 0 aromatic carbocycles. The van der Waals surface area contributed by atoms with Gasteiger partial charge in [-0.15, -0.1) is 0 Å². The number of hydrogen-bond donors (Lipinski definition) is 2. The minimum Gasteiger partial charge on any atom is -0.559 e. The quantitative estimate of drug-likeness (QED) is 0.434. The van der Waals surface area contributed by atoms with Gasteiger partial charge in [-0.05, 0) is 18.1 Å². The van der Waals surface area contributed by atoms with Crippen LogP contribution in [0.4, 0.5) is 0 Å². The van der Waals surface area contributed by atoms with Gasteiger partial charge in [0.25, 0.3) is 0 Å². The molecular weight excluding hydrogens is 136 g/mol. The van der Waals surface area contributed by atoms with Gasteiger partial charge in [-0.2, -0.15) is 10.0 Å². The SMILES string of the molecule is CNC/C=C\[N+]([O-])(O)OC. The predicted octanol–water partition coefficient (Wildman–Crippen LogP) is -0.0153. The van der Waals surface area contributed by atoms with Crippen molar-refractivity contribution in [1.29, 1.82) is 0 Å². The monoisotopic (exact) mass is 148 g/mol. The van der Waals surface area contributed by atoms with Gasteiger partial charge in [-0.3, -0.25) is 0 Å². The van der Waals surface area contributed by atoms with Crippen LogP contribution in [-0.4, -0.2) is 30.9 Å². The van der Waals surface area contributed by atoms with E-state index in [2.05, 4.69) is 10.2 Å². The van der Waals surface area contributed by atoms with Gasteiger partial charge in [0.05, 0.1) is 0 Å². The van der Waals surface area contributed by atoms with Crippen LogP contribution >= 0.6 is 0 Å². The third-order valence-electron chi connectivity index (χ3n) is 0.877. The lowest BCUT2D eigenvalue weighted by molar-refractivity contribution is -1.18. The van der Waals surface area contributed by atoms with Crippen molar-refractivity contribution in [2.45, 2.75) is 0 Å². The van der Waals surface area contributed by atoms with E-state index in [0.717, 1.165) is 13.3 Å². The van der Waals surface area contributed by atoms with Crippen molar-refractivity contribution in [1.82, 2.24) is 5.32 Å². The predicted molar refractivity (Wildman–Crippen MR) is 35.5 cm³/mol. The molecule has 5 nitrogen and oxygen atoms in total. The fourth-order valence-corrected chi connectivity index (χ4v) is 0.365. The molecule has 0 saturated carbocycles. The highest BCUT2D eigenvalue weighted by molar-refractivity contribution is 4.74. The molecule has 2 N–H and O–H groups in total. The molecule has 10 heavy (non-hydrogen) atoms.